The fraction of sp³-hybridized carbons (Fsp3) is 0.480. The van der Waals surface area contributed by atoms with E-state index in [1.54, 1.807) is 19.2 Å². The monoisotopic (exact) mass is 460 g/mol. The molecule has 1 saturated carbocycles. The van der Waals surface area contributed by atoms with Gasteiger partial charge in [0.1, 0.15) is 23.4 Å². The van der Waals surface area contributed by atoms with E-state index in [9.17, 15) is 13.6 Å². The molecule has 2 fully saturated rings. The van der Waals surface area contributed by atoms with Crippen molar-refractivity contribution in [3.05, 3.63) is 48.0 Å². The summed E-state index contributed by atoms with van der Waals surface area (Å²) in [7, 11) is 1.59. The van der Waals surface area contributed by atoms with Gasteiger partial charge in [0, 0.05) is 32.4 Å². The number of nitrogens with one attached hydrogen (secondary N) is 1. The van der Waals surface area contributed by atoms with Gasteiger partial charge in [-0.1, -0.05) is 12.1 Å². The SMILES string of the molecule is COc1cc(OCC2CC2(F)F)ccc1N1CCC(Oc2ccc([C@H](C)NC(C)=O)cc2)C1. The van der Waals surface area contributed by atoms with E-state index in [0.29, 0.717) is 18.0 Å². The van der Waals surface area contributed by atoms with Crippen molar-refractivity contribution in [3.63, 3.8) is 0 Å². The van der Waals surface area contributed by atoms with Gasteiger partial charge in [0.05, 0.1) is 37.9 Å². The minimum Gasteiger partial charge on any atom is -0.494 e. The molecule has 2 aromatic rings. The smallest absolute Gasteiger partial charge is 0.255 e. The van der Waals surface area contributed by atoms with Crippen LogP contribution in [0.2, 0.25) is 0 Å². The highest BCUT2D eigenvalue weighted by atomic mass is 19.3. The van der Waals surface area contributed by atoms with Crippen molar-refractivity contribution in [1.29, 1.82) is 0 Å². The Morgan fingerprint density at radius 3 is 2.55 bits per heavy atom. The number of nitrogens with zero attached hydrogens (tertiary/aromatic N) is 1. The number of halogens is 2. The summed E-state index contributed by atoms with van der Waals surface area (Å²) < 4.78 is 43.4. The molecule has 1 aliphatic carbocycles. The van der Waals surface area contributed by atoms with Crippen LogP contribution in [0.1, 0.15) is 38.3 Å². The van der Waals surface area contributed by atoms with Crippen molar-refractivity contribution >= 4 is 11.6 Å². The summed E-state index contributed by atoms with van der Waals surface area (Å²) in [4.78, 5) is 13.4. The molecule has 1 amide bonds. The first-order valence-electron chi connectivity index (χ1n) is 11.2. The number of amides is 1. The fourth-order valence-corrected chi connectivity index (χ4v) is 4.12. The van der Waals surface area contributed by atoms with E-state index in [1.807, 2.05) is 37.3 Å². The molecule has 4 rings (SSSR count). The first kappa shape index (κ1) is 23.1. The maximum absolute atomic E-state index is 13.1. The van der Waals surface area contributed by atoms with Gasteiger partial charge >= 0.3 is 0 Å². The zero-order valence-corrected chi connectivity index (χ0v) is 19.1. The maximum Gasteiger partial charge on any atom is 0.255 e. The molecule has 6 nitrogen and oxygen atoms in total. The lowest BCUT2D eigenvalue weighted by molar-refractivity contribution is -0.119. The molecule has 33 heavy (non-hydrogen) atoms. The molecule has 0 radical (unpaired) electrons. The largest absolute Gasteiger partial charge is 0.494 e. The summed E-state index contributed by atoms with van der Waals surface area (Å²) in [5.74, 6) is -1.38. The molecular formula is C25H30F2N2O4. The number of hydrogen-bond donors (Lipinski definition) is 1. The molecule has 2 aliphatic rings. The summed E-state index contributed by atoms with van der Waals surface area (Å²) in [6.07, 6.45) is 0.790. The molecule has 0 bridgehead atoms. The van der Waals surface area contributed by atoms with E-state index in [2.05, 4.69) is 10.2 Å². The van der Waals surface area contributed by atoms with Crippen LogP contribution in [0.3, 0.4) is 0 Å². The van der Waals surface area contributed by atoms with Crippen LogP contribution in [0.5, 0.6) is 17.2 Å². The summed E-state index contributed by atoms with van der Waals surface area (Å²) >= 11 is 0. The summed E-state index contributed by atoms with van der Waals surface area (Å²) in [6, 6.07) is 13.2. The topological polar surface area (TPSA) is 60.0 Å². The summed E-state index contributed by atoms with van der Waals surface area (Å²) in [6.45, 7) is 4.97. The summed E-state index contributed by atoms with van der Waals surface area (Å²) in [5, 5.41) is 2.87. The van der Waals surface area contributed by atoms with Crippen LogP contribution in [0.4, 0.5) is 14.5 Å². The predicted octanol–water partition coefficient (Wildman–Crippen LogP) is 4.58. The Morgan fingerprint density at radius 2 is 1.91 bits per heavy atom. The van der Waals surface area contributed by atoms with Crippen LogP contribution < -0.4 is 24.4 Å². The zero-order chi connectivity index (χ0) is 23.6. The molecule has 1 N–H and O–H groups in total. The number of carbonyl (C=O) groups excluding carboxylic acids is 1. The highest BCUT2D eigenvalue weighted by Gasteiger charge is 2.57. The van der Waals surface area contributed by atoms with Crippen molar-refractivity contribution in [2.24, 2.45) is 5.92 Å². The summed E-state index contributed by atoms with van der Waals surface area (Å²) in [5.41, 5.74) is 1.94. The van der Waals surface area contributed by atoms with E-state index in [1.165, 1.54) is 6.92 Å². The van der Waals surface area contributed by atoms with E-state index >= 15 is 0 Å². The Morgan fingerprint density at radius 1 is 1.21 bits per heavy atom. The molecule has 8 heteroatoms. The molecule has 2 aromatic carbocycles. The van der Waals surface area contributed by atoms with E-state index < -0.39 is 11.8 Å². The molecule has 2 unspecified atom stereocenters. The molecule has 1 aliphatic heterocycles. The van der Waals surface area contributed by atoms with Gasteiger partial charge in [0.2, 0.25) is 5.91 Å². The Balaban J connectivity index is 1.33. The molecule has 0 aromatic heterocycles. The van der Waals surface area contributed by atoms with Crippen molar-refractivity contribution in [3.8, 4) is 17.2 Å². The van der Waals surface area contributed by atoms with Crippen molar-refractivity contribution in [2.45, 2.75) is 44.8 Å². The second-order valence-electron chi connectivity index (χ2n) is 8.77. The average Bonchev–Trinajstić information content (AvgIpc) is 3.16. The van der Waals surface area contributed by atoms with Crippen LogP contribution in [0.25, 0.3) is 0 Å². The van der Waals surface area contributed by atoms with Gasteiger partial charge in [-0.05, 0) is 36.8 Å². The molecule has 1 heterocycles. The molecule has 178 valence electrons. The van der Waals surface area contributed by atoms with Crippen LogP contribution in [0.15, 0.2) is 42.5 Å². The van der Waals surface area contributed by atoms with Gasteiger partial charge < -0.3 is 24.4 Å². The Kier molecular flexibility index (Phi) is 6.63. The number of rotatable bonds is 9. The van der Waals surface area contributed by atoms with Gasteiger partial charge in [-0.2, -0.15) is 0 Å². The Hall–Kier alpha value is -3.03. The Bertz CT molecular complexity index is 983. The van der Waals surface area contributed by atoms with E-state index in [-0.39, 0.29) is 31.1 Å². The van der Waals surface area contributed by atoms with Crippen LogP contribution >= 0.6 is 0 Å². The van der Waals surface area contributed by atoms with E-state index in [4.69, 9.17) is 14.2 Å². The van der Waals surface area contributed by atoms with Crippen molar-refractivity contribution < 1.29 is 27.8 Å². The number of benzene rings is 2. The Labute approximate surface area is 192 Å². The quantitative estimate of drug-likeness (QED) is 0.594. The minimum atomic E-state index is -2.58. The van der Waals surface area contributed by atoms with Gasteiger partial charge in [-0.15, -0.1) is 0 Å². The first-order chi connectivity index (χ1) is 15.7. The molecule has 0 spiro atoms. The lowest BCUT2D eigenvalue weighted by Gasteiger charge is -2.22. The minimum absolute atomic E-state index is 0.0114. The molecule has 1 saturated heterocycles. The molecular weight excluding hydrogens is 430 g/mol. The van der Waals surface area contributed by atoms with E-state index in [0.717, 1.165) is 30.0 Å². The normalized spacial score (nSPS) is 21.9. The predicted molar refractivity (Wildman–Crippen MR) is 121 cm³/mol. The van der Waals surface area contributed by atoms with Gasteiger partial charge in [0.25, 0.3) is 5.92 Å². The fourth-order valence-electron chi connectivity index (χ4n) is 4.12. The average molecular weight is 461 g/mol. The third kappa shape index (κ3) is 5.67. The highest BCUT2D eigenvalue weighted by Crippen LogP contribution is 2.48. The number of anilines is 1. The lowest BCUT2D eigenvalue weighted by atomic mass is 10.1. The van der Waals surface area contributed by atoms with Crippen molar-refractivity contribution in [1.82, 2.24) is 5.32 Å². The number of alkyl halides is 2. The lowest BCUT2D eigenvalue weighted by Crippen LogP contribution is -2.25. The van der Waals surface area contributed by atoms with Crippen LogP contribution in [-0.2, 0) is 4.79 Å². The second-order valence-corrected chi connectivity index (χ2v) is 8.77. The van der Waals surface area contributed by atoms with Crippen LogP contribution in [0, 0.1) is 5.92 Å². The molecule has 3 atom stereocenters. The number of hydrogen-bond acceptors (Lipinski definition) is 5. The number of methoxy groups -OCH3 is 1. The first-order valence-corrected chi connectivity index (χ1v) is 11.2. The zero-order valence-electron chi connectivity index (χ0n) is 19.1. The highest BCUT2D eigenvalue weighted by molar-refractivity contribution is 5.73. The van der Waals surface area contributed by atoms with Crippen molar-refractivity contribution in [2.75, 3.05) is 31.7 Å². The van der Waals surface area contributed by atoms with Gasteiger partial charge in [-0.25, -0.2) is 8.78 Å². The third-order valence-electron chi connectivity index (χ3n) is 6.15. The van der Waals surface area contributed by atoms with Crippen LogP contribution in [-0.4, -0.2) is 44.7 Å². The van der Waals surface area contributed by atoms with Gasteiger partial charge in [-0.3, -0.25) is 4.79 Å². The third-order valence-corrected chi connectivity index (χ3v) is 6.15. The van der Waals surface area contributed by atoms with Gasteiger partial charge in [0.15, 0.2) is 0 Å². The number of carbonyl (C=O) groups is 1. The maximum atomic E-state index is 13.1. The second kappa shape index (κ2) is 9.45. The number of ether oxygens (including phenoxy) is 3. The standard InChI is InChI=1S/C25H30F2N2O4/c1-16(28-17(2)30)18-4-6-20(7-5-18)33-22-10-11-29(14-22)23-9-8-21(12-24(23)31-3)32-15-19-13-25(19,26)27/h4-9,12,16,19,22H,10-11,13-15H2,1-3H3,(H,28,30)/t16-,19?,22?/m0/s1.